The molecule has 0 aliphatic heterocycles. The molecule has 1 aliphatic carbocycles. The molecule has 1 fully saturated rings. The Balaban J connectivity index is 2.90. The minimum absolute atomic E-state index is 0.0408. The third kappa shape index (κ3) is 2.72. The highest BCUT2D eigenvalue weighted by Gasteiger charge is 2.49. The summed E-state index contributed by atoms with van der Waals surface area (Å²) in [4.78, 5) is 23.9. The van der Waals surface area contributed by atoms with Crippen molar-refractivity contribution in [3.63, 3.8) is 0 Å². The number of Topliss-reactive ketones (excluding diaryl/α,β-unsaturated/α-hetero) is 1. The molecule has 0 bridgehead atoms. The lowest BCUT2D eigenvalue weighted by Crippen LogP contribution is -2.52. The summed E-state index contributed by atoms with van der Waals surface area (Å²) in [5.74, 6) is -1.05. The lowest BCUT2D eigenvalue weighted by Gasteiger charge is -2.37. The first-order valence-corrected chi connectivity index (χ1v) is 6.58. The molecule has 1 saturated carbocycles. The normalized spacial score (nSPS) is 30.2. The van der Waals surface area contributed by atoms with Crippen LogP contribution in [0.25, 0.3) is 0 Å². The van der Waals surface area contributed by atoms with Gasteiger partial charge in [0.15, 0.2) is 5.78 Å². The Hall–Kier alpha value is -0.940. The standard InChI is InChI=1S/C13H24N2O3/c1-8(2)10(15)11(16)13(12(17)18)5-3-9(7-14)4-6-13/h8-10H,3-7,14-15H2,1-2H3,(H,17,18)/t9?,10-,13?/m0/s1. The molecule has 5 nitrogen and oxygen atoms in total. The van der Waals surface area contributed by atoms with E-state index in [-0.39, 0.29) is 11.7 Å². The first kappa shape index (κ1) is 15.1. The van der Waals surface area contributed by atoms with E-state index in [1.165, 1.54) is 0 Å². The maximum Gasteiger partial charge on any atom is 0.317 e. The molecule has 0 heterocycles. The highest BCUT2D eigenvalue weighted by atomic mass is 16.4. The fraction of sp³-hybridized carbons (Fsp3) is 0.846. The molecule has 18 heavy (non-hydrogen) atoms. The van der Waals surface area contributed by atoms with Crippen molar-refractivity contribution in [2.45, 2.75) is 45.6 Å². The third-order valence-electron chi connectivity index (χ3n) is 4.19. The maximum atomic E-state index is 12.4. The molecular formula is C13H24N2O3. The van der Waals surface area contributed by atoms with Gasteiger partial charge in [0.2, 0.25) is 0 Å². The van der Waals surface area contributed by atoms with Crippen molar-refractivity contribution in [3.8, 4) is 0 Å². The predicted octanol–water partition coefficient (Wildman–Crippen LogP) is 0.759. The number of ketones is 1. The van der Waals surface area contributed by atoms with E-state index >= 15 is 0 Å². The summed E-state index contributed by atoms with van der Waals surface area (Å²) < 4.78 is 0. The van der Waals surface area contributed by atoms with Gasteiger partial charge >= 0.3 is 5.97 Å². The van der Waals surface area contributed by atoms with E-state index in [1.807, 2.05) is 13.8 Å². The SMILES string of the molecule is CC(C)[C@H](N)C(=O)C1(C(=O)O)CCC(CN)CC1. The summed E-state index contributed by atoms with van der Waals surface area (Å²) in [5.41, 5.74) is 10.2. The summed E-state index contributed by atoms with van der Waals surface area (Å²) in [6.45, 7) is 4.23. The molecule has 5 N–H and O–H groups in total. The number of nitrogens with two attached hydrogens (primary N) is 2. The molecule has 104 valence electrons. The fourth-order valence-electron chi connectivity index (χ4n) is 2.59. The molecule has 5 heteroatoms. The van der Waals surface area contributed by atoms with Crippen molar-refractivity contribution < 1.29 is 14.7 Å². The van der Waals surface area contributed by atoms with E-state index in [2.05, 4.69) is 0 Å². The number of hydrogen-bond donors (Lipinski definition) is 3. The number of carboxylic acid groups (broad SMARTS) is 1. The second kappa shape index (κ2) is 5.80. The maximum absolute atomic E-state index is 12.4. The van der Waals surface area contributed by atoms with Crippen LogP contribution in [0.3, 0.4) is 0 Å². The number of aliphatic carboxylic acids is 1. The van der Waals surface area contributed by atoms with Crippen molar-refractivity contribution in [2.24, 2.45) is 28.7 Å². The van der Waals surface area contributed by atoms with Gasteiger partial charge in [0.25, 0.3) is 0 Å². The summed E-state index contributed by atoms with van der Waals surface area (Å²) in [6.07, 6.45) is 2.12. The number of carbonyl (C=O) groups is 2. The lowest BCUT2D eigenvalue weighted by molar-refractivity contribution is -0.159. The van der Waals surface area contributed by atoms with Gasteiger partial charge in [-0.25, -0.2) is 0 Å². The van der Waals surface area contributed by atoms with Gasteiger partial charge in [-0.05, 0) is 44.1 Å². The van der Waals surface area contributed by atoms with Crippen LogP contribution in [-0.2, 0) is 9.59 Å². The second-order valence-electron chi connectivity index (χ2n) is 5.70. The van der Waals surface area contributed by atoms with Crippen LogP contribution in [0.15, 0.2) is 0 Å². The van der Waals surface area contributed by atoms with Gasteiger partial charge < -0.3 is 16.6 Å². The smallest absolute Gasteiger partial charge is 0.317 e. The van der Waals surface area contributed by atoms with Gasteiger partial charge in [-0.3, -0.25) is 9.59 Å². The third-order valence-corrected chi connectivity index (χ3v) is 4.19. The second-order valence-corrected chi connectivity index (χ2v) is 5.70. The van der Waals surface area contributed by atoms with Gasteiger partial charge in [0.1, 0.15) is 5.41 Å². The van der Waals surface area contributed by atoms with Gasteiger partial charge in [-0.15, -0.1) is 0 Å². The van der Waals surface area contributed by atoms with Gasteiger partial charge in [-0.2, -0.15) is 0 Å². The Morgan fingerprint density at radius 3 is 2.17 bits per heavy atom. The van der Waals surface area contributed by atoms with Gasteiger partial charge in [-0.1, -0.05) is 13.8 Å². The van der Waals surface area contributed by atoms with Gasteiger partial charge in [0, 0.05) is 0 Å². The average Bonchev–Trinajstić information content (AvgIpc) is 2.36. The minimum atomic E-state index is -1.28. The van der Waals surface area contributed by atoms with Crippen LogP contribution in [0.5, 0.6) is 0 Å². The Labute approximate surface area is 108 Å². The molecule has 1 atom stereocenters. The molecule has 0 radical (unpaired) electrons. The molecule has 0 unspecified atom stereocenters. The topological polar surface area (TPSA) is 106 Å². The summed E-state index contributed by atoms with van der Waals surface area (Å²) >= 11 is 0. The quantitative estimate of drug-likeness (QED) is 0.629. The van der Waals surface area contributed by atoms with E-state index in [1.54, 1.807) is 0 Å². The van der Waals surface area contributed by atoms with Crippen LogP contribution < -0.4 is 11.5 Å². The predicted molar refractivity (Wildman–Crippen MR) is 68.9 cm³/mol. The number of hydrogen-bond acceptors (Lipinski definition) is 4. The highest BCUT2D eigenvalue weighted by molar-refractivity contribution is 6.05. The molecule has 0 aromatic heterocycles. The first-order chi connectivity index (χ1) is 8.35. The Kier molecular flexibility index (Phi) is 4.87. The molecule has 0 saturated heterocycles. The van der Waals surface area contributed by atoms with Crippen LogP contribution in [-0.4, -0.2) is 29.4 Å². The monoisotopic (exact) mass is 256 g/mol. The number of carboxylic acids is 1. The Bertz CT molecular complexity index is 320. The Morgan fingerprint density at radius 1 is 1.33 bits per heavy atom. The van der Waals surface area contributed by atoms with Crippen molar-refractivity contribution in [1.29, 1.82) is 0 Å². The largest absolute Gasteiger partial charge is 0.480 e. The fourth-order valence-corrected chi connectivity index (χ4v) is 2.59. The van der Waals surface area contributed by atoms with Crippen molar-refractivity contribution in [3.05, 3.63) is 0 Å². The summed E-state index contributed by atoms with van der Waals surface area (Å²) in [5, 5.41) is 9.44. The van der Waals surface area contributed by atoms with E-state index in [9.17, 15) is 14.7 Å². The zero-order chi connectivity index (χ0) is 13.9. The zero-order valence-corrected chi connectivity index (χ0v) is 11.2. The van der Waals surface area contributed by atoms with Crippen LogP contribution in [0, 0.1) is 17.3 Å². The zero-order valence-electron chi connectivity index (χ0n) is 11.2. The van der Waals surface area contributed by atoms with Crippen LogP contribution >= 0.6 is 0 Å². The molecular weight excluding hydrogens is 232 g/mol. The minimum Gasteiger partial charge on any atom is -0.480 e. The highest BCUT2D eigenvalue weighted by Crippen LogP contribution is 2.41. The van der Waals surface area contributed by atoms with E-state index in [0.717, 1.165) is 0 Å². The average molecular weight is 256 g/mol. The molecule has 0 aromatic carbocycles. The van der Waals surface area contributed by atoms with Crippen molar-refractivity contribution in [1.82, 2.24) is 0 Å². The Morgan fingerprint density at radius 2 is 1.83 bits per heavy atom. The molecule has 1 aliphatic rings. The van der Waals surface area contributed by atoms with Crippen LogP contribution in [0.1, 0.15) is 39.5 Å². The lowest BCUT2D eigenvalue weighted by atomic mass is 9.65. The van der Waals surface area contributed by atoms with E-state index in [4.69, 9.17) is 11.5 Å². The molecule has 0 amide bonds. The molecule has 1 rings (SSSR count). The van der Waals surface area contributed by atoms with Crippen molar-refractivity contribution >= 4 is 11.8 Å². The summed E-state index contributed by atoms with van der Waals surface area (Å²) in [6, 6.07) is -0.699. The van der Waals surface area contributed by atoms with Crippen LogP contribution in [0.2, 0.25) is 0 Å². The molecule has 0 spiro atoms. The number of rotatable bonds is 5. The van der Waals surface area contributed by atoms with Crippen LogP contribution in [0.4, 0.5) is 0 Å². The van der Waals surface area contributed by atoms with Crippen molar-refractivity contribution in [2.75, 3.05) is 6.54 Å². The molecule has 0 aromatic rings. The first-order valence-electron chi connectivity index (χ1n) is 6.58. The summed E-state index contributed by atoms with van der Waals surface area (Å²) in [7, 11) is 0. The number of carbonyl (C=O) groups excluding carboxylic acids is 1. The van der Waals surface area contributed by atoms with E-state index < -0.39 is 17.4 Å². The van der Waals surface area contributed by atoms with Gasteiger partial charge in [0.05, 0.1) is 6.04 Å². The van der Waals surface area contributed by atoms with E-state index in [0.29, 0.717) is 38.1 Å².